The maximum atomic E-state index is 13.9. The van der Waals surface area contributed by atoms with Gasteiger partial charge >= 0.3 is 0 Å². The van der Waals surface area contributed by atoms with E-state index in [9.17, 15) is 9.18 Å². The van der Waals surface area contributed by atoms with Crippen LogP contribution in [-0.4, -0.2) is 15.9 Å². The standard InChI is InChI=1S/C19H18FN3OS/c1-11(19-23-14-7-2-3-8-16(14)25-19)21-18(24)15-10-9-12-5-4-6-13(20)17(12)22-15/h4-6,9-11H,2-3,7-8H2,1H3,(H,21,24)/t11-/m1/s1. The van der Waals surface area contributed by atoms with Crippen LogP contribution in [0.2, 0.25) is 0 Å². The largest absolute Gasteiger partial charge is 0.342 e. The first-order valence-electron chi connectivity index (χ1n) is 8.46. The van der Waals surface area contributed by atoms with E-state index in [2.05, 4.69) is 15.3 Å². The van der Waals surface area contributed by atoms with Crippen LogP contribution in [0.25, 0.3) is 10.9 Å². The van der Waals surface area contributed by atoms with Crippen LogP contribution in [0.3, 0.4) is 0 Å². The number of aryl methyl sites for hydroxylation is 2. The molecule has 1 amide bonds. The van der Waals surface area contributed by atoms with Crippen molar-refractivity contribution in [2.24, 2.45) is 0 Å². The highest BCUT2D eigenvalue weighted by molar-refractivity contribution is 7.11. The molecule has 0 radical (unpaired) electrons. The van der Waals surface area contributed by atoms with E-state index in [-0.39, 0.29) is 23.2 Å². The molecular weight excluding hydrogens is 337 g/mol. The molecular formula is C19H18FN3OS. The van der Waals surface area contributed by atoms with Crippen LogP contribution >= 0.6 is 11.3 Å². The summed E-state index contributed by atoms with van der Waals surface area (Å²) in [6.45, 7) is 1.92. The first kappa shape index (κ1) is 16.1. The lowest BCUT2D eigenvalue weighted by molar-refractivity contribution is 0.0935. The van der Waals surface area contributed by atoms with E-state index >= 15 is 0 Å². The lowest BCUT2D eigenvalue weighted by Crippen LogP contribution is -2.27. The molecule has 0 fully saturated rings. The fourth-order valence-corrected chi connectivity index (χ4v) is 4.28. The summed E-state index contributed by atoms with van der Waals surface area (Å²) in [7, 11) is 0. The molecule has 1 aromatic carbocycles. The van der Waals surface area contributed by atoms with Crippen LogP contribution < -0.4 is 5.32 Å². The van der Waals surface area contributed by atoms with Gasteiger partial charge in [-0.1, -0.05) is 18.2 Å². The summed E-state index contributed by atoms with van der Waals surface area (Å²) in [6.07, 6.45) is 4.50. The zero-order valence-corrected chi connectivity index (χ0v) is 14.7. The molecule has 1 N–H and O–H groups in total. The van der Waals surface area contributed by atoms with Gasteiger partial charge < -0.3 is 5.32 Å². The van der Waals surface area contributed by atoms with Crippen LogP contribution in [0.1, 0.15) is 51.9 Å². The molecule has 3 aromatic rings. The van der Waals surface area contributed by atoms with E-state index in [4.69, 9.17) is 0 Å². The van der Waals surface area contributed by atoms with Gasteiger partial charge in [0.1, 0.15) is 22.0 Å². The molecule has 0 spiro atoms. The molecule has 2 aromatic heterocycles. The van der Waals surface area contributed by atoms with Crippen molar-refractivity contribution in [3.63, 3.8) is 0 Å². The molecule has 0 unspecified atom stereocenters. The number of halogens is 1. The quantitative estimate of drug-likeness (QED) is 0.766. The number of hydrogen-bond donors (Lipinski definition) is 1. The van der Waals surface area contributed by atoms with Crippen molar-refractivity contribution < 1.29 is 9.18 Å². The van der Waals surface area contributed by atoms with Crippen LogP contribution in [0.5, 0.6) is 0 Å². The predicted molar refractivity (Wildman–Crippen MR) is 96.3 cm³/mol. The Morgan fingerprint density at radius 3 is 2.88 bits per heavy atom. The number of nitrogens with one attached hydrogen (secondary N) is 1. The van der Waals surface area contributed by atoms with Crippen molar-refractivity contribution in [1.82, 2.24) is 15.3 Å². The van der Waals surface area contributed by atoms with Gasteiger partial charge in [0.15, 0.2) is 0 Å². The molecule has 0 aliphatic heterocycles. The number of benzene rings is 1. The van der Waals surface area contributed by atoms with E-state index in [1.165, 1.54) is 29.5 Å². The summed E-state index contributed by atoms with van der Waals surface area (Å²) in [4.78, 5) is 22.7. The van der Waals surface area contributed by atoms with Crippen molar-refractivity contribution >= 4 is 28.1 Å². The summed E-state index contributed by atoms with van der Waals surface area (Å²) in [6, 6.07) is 7.89. The Balaban J connectivity index is 1.55. The highest BCUT2D eigenvalue weighted by Gasteiger charge is 2.20. The number of nitrogens with zero attached hydrogens (tertiary/aromatic N) is 2. The minimum atomic E-state index is -0.423. The third-order valence-electron chi connectivity index (χ3n) is 4.48. The third kappa shape index (κ3) is 3.14. The highest BCUT2D eigenvalue weighted by Crippen LogP contribution is 2.29. The second kappa shape index (κ2) is 6.52. The van der Waals surface area contributed by atoms with E-state index < -0.39 is 5.82 Å². The van der Waals surface area contributed by atoms with Gasteiger partial charge in [0.05, 0.1) is 11.7 Å². The van der Waals surface area contributed by atoms with E-state index in [0.29, 0.717) is 5.39 Å². The van der Waals surface area contributed by atoms with Gasteiger partial charge in [-0.05, 0) is 44.7 Å². The number of amides is 1. The summed E-state index contributed by atoms with van der Waals surface area (Å²) >= 11 is 1.68. The maximum Gasteiger partial charge on any atom is 0.270 e. The maximum absolute atomic E-state index is 13.9. The second-order valence-corrected chi connectivity index (χ2v) is 7.45. The Kier molecular flexibility index (Phi) is 4.21. The Hall–Kier alpha value is -2.34. The third-order valence-corrected chi connectivity index (χ3v) is 5.82. The SMILES string of the molecule is C[C@@H](NC(=O)c1ccc2cccc(F)c2n1)c1nc2c(s1)CCCC2. The summed E-state index contributed by atoms with van der Waals surface area (Å²) < 4.78 is 13.9. The average Bonchev–Trinajstić information content (AvgIpc) is 3.06. The molecule has 25 heavy (non-hydrogen) atoms. The molecule has 4 rings (SSSR count). The Bertz CT molecular complexity index is 929. The predicted octanol–water partition coefficient (Wildman–Crippen LogP) is 4.20. The van der Waals surface area contributed by atoms with E-state index in [1.54, 1.807) is 35.6 Å². The zero-order valence-electron chi connectivity index (χ0n) is 13.9. The van der Waals surface area contributed by atoms with Crippen molar-refractivity contribution in [2.75, 3.05) is 0 Å². The van der Waals surface area contributed by atoms with Crippen LogP contribution in [0.15, 0.2) is 30.3 Å². The minimum absolute atomic E-state index is 0.193. The average molecular weight is 355 g/mol. The number of aromatic nitrogens is 2. The number of pyridine rings is 1. The van der Waals surface area contributed by atoms with E-state index in [1.807, 2.05) is 6.92 Å². The van der Waals surface area contributed by atoms with Gasteiger partial charge in [0.25, 0.3) is 5.91 Å². The molecule has 4 nitrogen and oxygen atoms in total. The molecule has 1 aliphatic carbocycles. The van der Waals surface area contributed by atoms with Gasteiger partial charge in [-0.3, -0.25) is 4.79 Å². The number of carbonyl (C=O) groups excluding carboxylic acids is 1. The van der Waals surface area contributed by atoms with Gasteiger partial charge in [-0.15, -0.1) is 11.3 Å². The van der Waals surface area contributed by atoms with Crippen molar-refractivity contribution in [2.45, 2.75) is 38.6 Å². The molecule has 1 aliphatic rings. The number of carbonyl (C=O) groups is 1. The van der Waals surface area contributed by atoms with Crippen LogP contribution in [-0.2, 0) is 12.8 Å². The molecule has 6 heteroatoms. The van der Waals surface area contributed by atoms with Gasteiger partial charge in [-0.25, -0.2) is 14.4 Å². The monoisotopic (exact) mass is 355 g/mol. The van der Waals surface area contributed by atoms with Gasteiger partial charge in [0.2, 0.25) is 0 Å². The van der Waals surface area contributed by atoms with Crippen molar-refractivity contribution in [3.05, 3.63) is 57.4 Å². The summed E-state index contributed by atoms with van der Waals surface area (Å²) in [5.41, 5.74) is 1.61. The Labute approximate surface area is 149 Å². The number of fused-ring (bicyclic) bond motifs is 2. The van der Waals surface area contributed by atoms with Gasteiger partial charge in [0, 0.05) is 10.3 Å². The smallest absolute Gasteiger partial charge is 0.270 e. The molecule has 1 atom stereocenters. The second-order valence-electron chi connectivity index (χ2n) is 6.33. The van der Waals surface area contributed by atoms with Crippen molar-refractivity contribution in [1.29, 1.82) is 0 Å². The molecule has 0 saturated carbocycles. The molecule has 2 heterocycles. The minimum Gasteiger partial charge on any atom is -0.342 e. The first-order valence-corrected chi connectivity index (χ1v) is 9.28. The van der Waals surface area contributed by atoms with Crippen LogP contribution in [0, 0.1) is 5.82 Å². The Morgan fingerprint density at radius 1 is 1.20 bits per heavy atom. The Morgan fingerprint density at radius 2 is 2.04 bits per heavy atom. The van der Waals surface area contributed by atoms with E-state index in [0.717, 1.165) is 17.8 Å². The van der Waals surface area contributed by atoms with Crippen molar-refractivity contribution in [3.8, 4) is 0 Å². The number of rotatable bonds is 3. The fourth-order valence-electron chi connectivity index (χ4n) is 3.13. The summed E-state index contributed by atoms with van der Waals surface area (Å²) in [5.74, 6) is -0.737. The van der Waals surface area contributed by atoms with Gasteiger partial charge in [-0.2, -0.15) is 0 Å². The summed E-state index contributed by atoms with van der Waals surface area (Å²) in [5, 5.41) is 4.53. The first-order chi connectivity index (χ1) is 12.1. The molecule has 0 saturated heterocycles. The number of para-hydroxylation sites is 1. The lowest BCUT2D eigenvalue weighted by Gasteiger charge is -2.11. The lowest BCUT2D eigenvalue weighted by atomic mass is 10.0. The normalized spacial score (nSPS) is 15.0. The number of hydrogen-bond acceptors (Lipinski definition) is 4. The molecule has 128 valence electrons. The number of thiazole rings is 1. The highest BCUT2D eigenvalue weighted by atomic mass is 32.1. The topological polar surface area (TPSA) is 54.9 Å². The zero-order chi connectivity index (χ0) is 17.4. The van der Waals surface area contributed by atoms with Crippen LogP contribution in [0.4, 0.5) is 4.39 Å². The molecule has 0 bridgehead atoms. The fraction of sp³-hybridized carbons (Fsp3) is 0.316.